The number of hydrogen-bond donors (Lipinski definition) is 3. The molecule has 8 heteroatoms. The van der Waals surface area contributed by atoms with Gasteiger partial charge in [0.05, 0.1) is 12.2 Å². The van der Waals surface area contributed by atoms with Crippen molar-refractivity contribution in [3.8, 4) is 0 Å². The monoisotopic (exact) mass is 408 g/mol. The number of aliphatic carboxylic acids is 1. The number of nitrogens with zero attached hydrogens (tertiary/aromatic N) is 2. The summed E-state index contributed by atoms with van der Waals surface area (Å²) >= 11 is 5.97. The van der Waals surface area contributed by atoms with Crippen molar-refractivity contribution >= 4 is 35.0 Å². The number of carbonyl (C=O) groups is 2. The molecule has 7 nitrogen and oxygen atoms in total. The maximum absolute atomic E-state index is 12.8. The summed E-state index contributed by atoms with van der Waals surface area (Å²) in [4.78, 5) is 24.4. The number of carboxylic acids is 1. The molecule has 0 aliphatic carbocycles. The van der Waals surface area contributed by atoms with E-state index in [1.165, 1.54) is 6.20 Å². The second kappa shape index (κ2) is 7.44. The minimum absolute atomic E-state index is 0.0256. The fraction of sp³-hybridized carbons (Fsp3) is 0.0952. The van der Waals surface area contributed by atoms with E-state index in [4.69, 9.17) is 11.6 Å². The first-order chi connectivity index (χ1) is 13.9. The van der Waals surface area contributed by atoms with Gasteiger partial charge in [-0.25, -0.2) is 9.48 Å². The number of carboxylic acid groups (broad SMARTS) is 1. The molecule has 1 atom stereocenters. The maximum atomic E-state index is 12.8. The molecule has 0 unspecified atom stereocenters. The van der Waals surface area contributed by atoms with E-state index in [1.54, 1.807) is 47.2 Å². The summed E-state index contributed by atoms with van der Waals surface area (Å²) in [7, 11) is 0. The average Bonchev–Trinajstić information content (AvgIpc) is 3.14. The summed E-state index contributed by atoms with van der Waals surface area (Å²) in [6.07, 6.45) is 2.97. The maximum Gasteiger partial charge on any atom is 0.352 e. The first-order valence-electron chi connectivity index (χ1n) is 8.85. The van der Waals surface area contributed by atoms with Crippen LogP contribution < -0.4 is 10.6 Å². The van der Waals surface area contributed by atoms with Crippen molar-refractivity contribution in [2.75, 3.05) is 10.6 Å². The second-order valence-corrected chi connectivity index (χ2v) is 7.11. The van der Waals surface area contributed by atoms with E-state index >= 15 is 0 Å². The smallest absolute Gasteiger partial charge is 0.352 e. The van der Waals surface area contributed by atoms with E-state index in [0.717, 1.165) is 11.1 Å². The first kappa shape index (κ1) is 18.8. The number of anilines is 2. The lowest BCUT2D eigenvalue weighted by molar-refractivity contribution is -0.132. The third kappa shape index (κ3) is 3.72. The van der Waals surface area contributed by atoms with Crippen molar-refractivity contribution in [1.82, 2.24) is 9.78 Å². The molecule has 0 fully saturated rings. The number of fused-ring (bicyclic) bond motifs is 1. The highest BCUT2D eigenvalue weighted by molar-refractivity contribution is 6.30. The number of carbonyl (C=O) groups excluding carboxylic acids is 1. The van der Waals surface area contributed by atoms with Gasteiger partial charge in [-0.1, -0.05) is 41.4 Å². The van der Waals surface area contributed by atoms with Crippen LogP contribution in [-0.4, -0.2) is 26.8 Å². The van der Waals surface area contributed by atoms with E-state index in [1.807, 2.05) is 19.1 Å². The van der Waals surface area contributed by atoms with Crippen LogP contribution in [0.15, 0.2) is 66.5 Å². The van der Waals surface area contributed by atoms with Crippen LogP contribution in [0.4, 0.5) is 11.5 Å². The number of benzene rings is 2. The van der Waals surface area contributed by atoms with Gasteiger partial charge in [0.25, 0.3) is 5.91 Å². The zero-order valence-corrected chi connectivity index (χ0v) is 16.1. The Morgan fingerprint density at radius 2 is 1.83 bits per heavy atom. The van der Waals surface area contributed by atoms with Gasteiger partial charge in [0.15, 0.2) is 0 Å². The number of aromatic nitrogens is 2. The summed E-state index contributed by atoms with van der Waals surface area (Å²) in [5, 5.41) is 20.0. The molecule has 29 heavy (non-hydrogen) atoms. The molecule has 1 amide bonds. The van der Waals surface area contributed by atoms with E-state index in [-0.39, 0.29) is 17.2 Å². The summed E-state index contributed by atoms with van der Waals surface area (Å²) in [6.45, 7) is 1.96. The molecular weight excluding hydrogens is 392 g/mol. The van der Waals surface area contributed by atoms with Crippen LogP contribution in [-0.2, 0) is 4.79 Å². The summed E-state index contributed by atoms with van der Waals surface area (Å²) < 4.78 is 1.58. The highest BCUT2D eigenvalue weighted by atomic mass is 35.5. The Labute approximate surface area is 171 Å². The summed E-state index contributed by atoms with van der Waals surface area (Å²) in [6, 6.07) is 13.9. The van der Waals surface area contributed by atoms with Gasteiger partial charge in [0, 0.05) is 10.7 Å². The molecule has 146 valence electrons. The molecule has 0 saturated heterocycles. The van der Waals surface area contributed by atoms with Gasteiger partial charge >= 0.3 is 5.97 Å². The molecule has 2 aromatic carbocycles. The predicted molar refractivity (Wildman–Crippen MR) is 110 cm³/mol. The van der Waals surface area contributed by atoms with Gasteiger partial charge in [-0.05, 0) is 42.8 Å². The topological polar surface area (TPSA) is 96.3 Å². The highest BCUT2D eigenvalue weighted by Crippen LogP contribution is 2.33. The fourth-order valence-corrected chi connectivity index (χ4v) is 3.25. The van der Waals surface area contributed by atoms with Gasteiger partial charge in [-0.15, -0.1) is 0 Å². The van der Waals surface area contributed by atoms with Crippen LogP contribution in [0.3, 0.4) is 0 Å². The molecule has 2 heterocycles. The fourth-order valence-electron chi connectivity index (χ4n) is 3.12. The van der Waals surface area contributed by atoms with Crippen molar-refractivity contribution < 1.29 is 14.7 Å². The minimum Gasteiger partial charge on any atom is -0.477 e. The van der Waals surface area contributed by atoms with E-state index in [2.05, 4.69) is 15.7 Å². The standard InChI is InChI=1S/C21H17ClN4O3/c1-12-2-8-15(9-3-12)24-20(27)16-11-23-26-18(13-4-6-14(22)7-5-13)10-17(21(28)29)25-19(16)26/h2-11,18,25H,1H3,(H,24,27)(H,28,29)/t18-/m1/s1. The van der Waals surface area contributed by atoms with E-state index < -0.39 is 12.0 Å². The second-order valence-electron chi connectivity index (χ2n) is 6.68. The van der Waals surface area contributed by atoms with Gasteiger partial charge in [0.2, 0.25) is 0 Å². The van der Waals surface area contributed by atoms with Gasteiger partial charge in [-0.3, -0.25) is 4.79 Å². The van der Waals surface area contributed by atoms with Crippen LogP contribution in [0.1, 0.15) is 27.5 Å². The number of aryl methyl sites for hydroxylation is 1. The highest BCUT2D eigenvalue weighted by Gasteiger charge is 2.29. The third-order valence-electron chi connectivity index (χ3n) is 4.63. The van der Waals surface area contributed by atoms with Crippen molar-refractivity contribution in [2.45, 2.75) is 13.0 Å². The third-order valence-corrected chi connectivity index (χ3v) is 4.88. The average molecular weight is 409 g/mol. The number of allylic oxidation sites excluding steroid dienone is 1. The largest absolute Gasteiger partial charge is 0.477 e. The molecule has 3 aromatic rings. The number of halogens is 1. The molecule has 0 radical (unpaired) electrons. The van der Waals surface area contributed by atoms with Gasteiger partial charge in [-0.2, -0.15) is 5.10 Å². The molecule has 0 saturated carbocycles. The summed E-state index contributed by atoms with van der Waals surface area (Å²) in [5.41, 5.74) is 2.73. The number of hydrogen-bond acceptors (Lipinski definition) is 4. The minimum atomic E-state index is -1.12. The molecule has 0 bridgehead atoms. The number of amides is 1. The molecule has 3 N–H and O–H groups in total. The molecule has 1 aliphatic heterocycles. The molecule has 4 rings (SSSR count). The van der Waals surface area contributed by atoms with E-state index in [0.29, 0.717) is 16.5 Å². The first-order valence-corrected chi connectivity index (χ1v) is 9.23. The molecular formula is C21H17ClN4O3. The van der Waals surface area contributed by atoms with Crippen molar-refractivity contribution in [3.05, 3.63) is 88.2 Å². The van der Waals surface area contributed by atoms with Crippen molar-refractivity contribution in [2.24, 2.45) is 0 Å². The zero-order valence-electron chi connectivity index (χ0n) is 15.4. The van der Waals surface area contributed by atoms with E-state index in [9.17, 15) is 14.7 Å². The lowest BCUT2D eigenvalue weighted by atomic mass is 10.0. The van der Waals surface area contributed by atoms with Gasteiger partial charge in [0.1, 0.15) is 17.1 Å². The van der Waals surface area contributed by atoms with Crippen LogP contribution in [0, 0.1) is 6.92 Å². The Morgan fingerprint density at radius 1 is 1.14 bits per heavy atom. The quantitative estimate of drug-likeness (QED) is 0.604. The molecule has 1 aliphatic rings. The van der Waals surface area contributed by atoms with Crippen LogP contribution in [0.5, 0.6) is 0 Å². The van der Waals surface area contributed by atoms with Crippen LogP contribution >= 0.6 is 11.6 Å². The normalized spacial score (nSPS) is 15.1. The molecule has 0 spiro atoms. The Morgan fingerprint density at radius 3 is 2.48 bits per heavy atom. The van der Waals surface area contributed by atoms with Crippen LogP contribution in [0.25, 0.3) is 0 Å². The predicted octanol–water partition coefficient (Wildman–Crippen LogP) is 4.08. The Kier molecular flexibility index (Phi) is 4.82. The number of nitrogens with one attached hydrogen (secondary N) is 2. The van der Waals surface area contributed by atoms with Crippen molar-refractivity contribution in [1.29, 1.82) is 0 Å². The lowest BCUT2D eigenvalue weighted by Gasteiger charge is -2.24. The van der Waals surface area contributed by atoms with Gasteiger partial charge < -0.3 is 15.7 Å². The SMILES string of the molecule is Cc1ccc(NC(=O)c2cnn3c2NC(C(=O)O)=C[C@@H]3c2ccc(Cl)cc2)cc1. The van der Waals surface area contributed by atoms with Crippen molar-refractivity contribution in [3.63, 3.8) is 0 Å². The van der Waals surface area contributed by atoms with Crippen LogP contribution in [0.2, 0.25) is 5.02 Å². The Hall–Kier alpha value is -3.58. The Balaban J connectivity index is 1.70. The number of rotatable bonds is 4. The summed E-state index contributed by atoms with van der Waals surface area (Å²) in [5.74, 6) is -1.19. The lowest BCUT2D eigenvalue weighted by Crippen LogP contribution is -2.25. The zero-order chi connectivity index (χ0) is 20.5. The molecule has 1 aromatic heterocycles. The Bertz CT molecular complexity index is 1120.